The van der Waals surface area contributed by atoms with E-state index < -0.39 is 0 Å². The van der Waals surface area contributed by atoms with E-state index in [1.165, 1.54) is 7.11 Å². The lowest BCUT2D eigenvalue weighted by Gasteiger charge is -2.25. The maximum atomic E-state index is 12.3. The molecule has 0 aliphatic carbocycles. The van der Waals surface area contributed by atoms with Crippen molar-refractivity contribution in [1.82, 2.24) is 4.90 Å². The fraction of sp³-hybridized carbons (Fsp3) is 0.533. The molecule has 1 aromatic carbocycles. The summed E-state index contributed by atoms with van der Waals surface area (Å²) in [6.45, 7) is 5.22. The summed E-state index contributed by atoms with van der Waals surface area (Å²) in [5, 5.41) is 9.33. The number of aliphatic hydroxyl groups is 1. The topological polar surface area (TPSA) is 49.8 Å². The normalized spacial score (nSPS) is 11.2. The maximum absolute atomic E-state index is 12.3. The average molecular weight is 300 g/mol. The highest BCUT2D eigenvalue weighted by Gasteiger charge is 2.16. The van der Waals surface area contributed by atoms with Crippen molar-refractivity contribution in [2.24, 2.45) is 0 Å². The minimum Gasteiger partial charge on any atom is -0.495 e. The van der Waals surface area contributed by atoms with Gasteiger partial charge in [0.25, 0.3) is 0 Å². The second-order valence-electron chi connectivity index (χ2n) is 4.91. The van der Waals surface area contributed by atoms with E-state index in [0.29, 0.717) is 35.8 Å². The van der Waals surface area contributed by atoms with Gasteiger partial charge in [0.05, 0.1) is 18.7 Å². The van der Waals surface area contributed by atoms with Crippen molar-refractivity contribution in [2.75, 3.05) is 26.8 Å². The van der Waals surface area contributed by atoms with Crippen molar-refractivity contribution in [3.8, 4) is 5.75 Å². The molecule has 0 radical (unpaired) electrons. The zero-order valence-electron chi connectivity index (χ0n) is 12.2. The number of carbonyl (C=O) groups excluding carboxylic acids is 1. The van der Waals surface area contributed by atoms with E-state index in [-0.39, 0.29) is 18.4 Å². The van der Waals surface area contributed by atoms with Crippen LogP contribution in [0.25, 0.3) is 0 Å². The molecular weight excluding hydrogens is 278 g/mol. The third kappa shape index (κ3) is 4.78. The van der Waals surface area contributed by atoms with E-state index >= 15 is 0 Å². The highest BCUT2D eigenvalue weighted by atomic mass is 35.5. The number of nitrogens with zero attached hydrogens (tertiary/aromatic N) is 1. The Balaban J connectivity index is 2.75. The third-order valence-electron chi connectivity index (χ3n) is 3.15. The second kappa shape index (κ2) is 8.25. The number of rotatable bonds is 8. The van der Waals surface area contributed by atoms with Crippen LogP contribution in [0.3, 0.4) is 0 Å². The Bertz CT molecular complexity index is 449. The Labute approximate surface area is 125 Å². The molecule has 1 N–H and O–H groups in total. The summed E-state index contributed by atoms with van der Waals surface area (Å²) in [5.74, 6) is 0.574. The molecule has 0 amide bonds. The van der Waals surface area contributed by atoms with E-state index in [2.05, 4.69) is 0 Å². The van der Waals surface area contributed by atoms with Crippen molar-refractivity contribution in [3.05, 3.63) is 28.8 Å². The monoisotopic (exact) mass is 299 g/mol. The molecule has 0 saturated heterocycles. The van der Waals surface area contributed by atoms with Gasteiger partial charge in [-0.1, -0.05) is 11.6 Å². The van der Waals surface area contributed by atoms with Crippen molar-refractivity contribution < 1.29 is 14.6 Å². The first-order chi connectivity index (χ1) is 9.49. The van der Waals surface area contributed by atoms with Crippen LogP contribution in [-0.4, -0.2) is 48.6 Å². The van der Waals surface area contributed by atoms with E-state index in [4.69, 9.17) is 21.4 Å². The number of carbonyl (C=O) groups is 1. The van der Waals surface area contributed by atoms with E-state index in [1.807, 2.05) is 18.7 Å². The first-order valence-electron chi connectivity index (χ1n) is 6.71. The summed E-state index contributed by atoms with van der Waals surface area (Å²) in [6.07, 6.45) is 0.662. The second-order valence-corrected chi connectivity index (χ2v) is 5.32. The number of hydrogen-bond donors (Lipinski definition) is 1. The van der Waals surface area contributed by atoms with Gasteiger partial charge in [0, 0.05) is 24.8 Å². The Morgan fingerprint density at radius 3 is 2.65 bits per heavy atom. The lowest BCUT2D eigenvalue weighted by Crippen LogP contribution is -2.36. The summed E-state index contributed by atoms with van der Waals surface area (Å²) < 4.78 is 5.07. The maximum Gasteiger partial charge on any atom is 0.176 e. The van der Waals surface area contributed by atoms with Crippen molar-refractivity contribution in [3.63, 3.8) is 0 Å². The van der Waals surface area contributed by atoms with Crippen LogP contribution in [0.15, 0.2) is 18.2 Å². The van der Waals surface area contributed by atoms with Crippen LogP contribution in [0, 0.1) is 0 Å². The molecule has 0 bridgehead atoms. The zero-order chi connectivity index (χ0) is 15.1. The summed E-state index contributed by atoms with van der Waals surface area (Å²) >= 11 is 6.03. The van der Waals surface area contributed by atoms with Gasteiger partial charge in [0.15, 0.2) is 5.78 Å². The summed E-state index contributed by atoms with van der Waals surface area (Å²) in [4.78, 5) is 14.3. The van der Waals surface area contributed by atoms with Gasteiger partial charge in [-0.3, -0.25) is 9.69 Å². The highest BCUT2D eigenvalue weighted by molar-refractivity contribution is 6.32. The Hall–Kier alpha value is -1.10. The molecule has 1 rings (SSSR count). The zero-order valence-corrected chi connectivity index (χ0v) is 13.0. The molecule has 0 atom stereocenters. The summed E-state index contributed by atoms with van der Waals surface area (Å²) in [7, 11) is 1.54. The van der Waals surface area contributed by atoms with Gasteiger partial charge in [-0.2, -0.15) is 0 Å². The predicted molar refractivity (Wildman–Crippen MR) is 80.7 cm³/mol. The van der Waals surface area contributed by atoms with Gasteiger partial charge in [0.2, 0.25) is 0 Å². The van der Waals surface area contributed by atoms with E-state index in [0.717, 1.165) is 0 Å². The van der Waals surface area contributed by atoms with Crippen LogP contribution in [-0.2, 0) is 0 Å². The van der Waals surface area contributed by atoms with Gasteiger partial charge in [-0.05, 0) is 38.5 Å². The number of aliphatic hydroxyl groups excluding tert-OH is 1. The lowest BCUT2D eigenvalue weighted by molar-refractivity contribution is 0.0896. The molecule has 4 nitrogen and oxygen atoms in total. The fourth-order valence-electron chi connectivity index (χ4n) is 1.91. The number of methoxy groups -OCH3 is 1. The number of Topliss-reactive ketones (excluding diaryl/α,β-unsaturated/α-hetero) is 1. The molecule has 0 unspecified atom stereocenters. The van der Waals surface area contributed by atoms with Crippen LogP contribution in [0.1, 0.15) is 30.6 Å². The number of ketones is 1. The lowest BCUT2D eigenvalue weighted by atomic mass is 10.1. The Kier molecular flexibility index (Phi) is 6.99. The summed E-state index contributed by atoms with van der Waals surface area (Å²) in [5.41, 5.74) is 0.574. The van der Waals surface area contributed by atoms with Gasteiger partial charge in [-0.25, -0.2) is 0 Å². The minimum atomic E-state index is 0.0150. The predicted octanol–water partition coefficient (Wildman–Crippen LogP) is 2.62. The number of halogens is 1. The third-order valence-corrected chi connectivity index (χ3v) is 3.45. The molecule has 20 heavy (non-hydrogen) atoms. The van der Waals surface area contributed by atoms with Crippen LogP contribution in [0.5, 0.6) is 5.75 Å². The first-order valence-corrected chi connectivity index (χ1v) is 7.09. The standard InChI is InChI=1S/C15H22ClNO3/c1-11(2)17(7-4-8-18)10-14(19)12-5-6-15(20-3)13(16)9-12/h5-6,9,11,18H,4,7-8,10H2,1-3H3. The molecule has 112 valence electrons. The van der Waals surface area contributed by atoms with Crippen LogP contribution in [0.4, 0.5) is 0 Å². The smallest absolute Gasteiger partial charge is 0.176 e. The van der Waals surface area contributed by atoms with Gasteiger partial charge >= 0.3 is 0 Å². The molecule has 0 fully saturated rings. The molecule has 0 aromatic heterocycles. The quantitative estimate of drug-likeness (QED) is 0.750. The molecule has 0 aliphatic heterocycles. The molecular formula is C15H22ClNO3. The van der Waals surface area contributed by atoms with Crippen LogP contribution >= 0.6 is 11.6 Å². The van der Waals surface area contributed by atoms with Gasteiger partial charge in [-0.15, -0.1) is 0 Å². The van der Waals surface area contributed by atoms with Gasteiger partial charge in [0.1, 0.15) is 5.75 Å². The number of hydrogen-bond acceptors (Lipinski definition) is 4. The molecule has 0 saturated carbocycles. The highest BCUT2D eigenvalue weighted by Crippen LogP contribution is 2.25. The fourth-order valence-corrected chi connectivity index (χ4v) is 2.17. The first kappa shape index (κ1) is 17.0. The Morgan fingerprint density at radius 1 is 1.45 bits per heavy atom. The largest absolute Gasteiger partial charge is 0.495 e. The van der Waals surface area contributed by atoms with Crippen molar-refractivity contribution in [2.45, 2.75) is 26.3 Å². The Morgan fingerprint density at radius 2 is 2.15 bits per heavy atom. The molecule has 0 heterocycles. The van der Waals surface area contributed by atoms with Crippen molar-refractivity contribution in [1.29, 1.82) is 0 Å². The van der Waals surface area contributed by atoms with Crippen LogP contribution < -0.4 is 4.74 Å². The number of ether oxygens (including phenoxy) is 1. The minimum absolute atomic E-state index is 0.0150. The molecule has 0 aliphatic rings. The number of benzene rings is 1. The molecule has 0 spiro atoms. The van der Waals surface area contributed by atoms with Crippen molar-refractivity contribution >= 4 is 17.4 Å². The molecule has 1 aromatic rings. The van der Waals surface area contributed by atoms with E-state index in [1.54, 1.807) is 18.2 Å². The van der Waals surface area contributed by atoms with Crippen LogP contribution in [0.2, 0.25) is 5.02 Å². The van der Waals surface area contributed by atoms with Gasteiger partial charge < -0.3 is 9.84 Å². The average Bonchev–Trinajstić information content (AvgIpc) is 2.42. The summed E-state index contributed by atoms with van der Waals surface area (Å²) in [6, 6.07) is 5.30. The molecule has 5 heteroatoms. The SMILES string of the molecule is COc1ccc(C(=O)CN(CCCO)C(C)C)cc1Cl. The van der Waals surface area contributed by atoms with E-state index in [9.17, 15) is 4.79 Å².